The molecule has 1 rings (SSSR count). The van der Waals surface area contributed by atoms with Gasteiger partial charge in [0.15, 0.2) is 0 Å². The summed E-state index contributed by atoms with van der Waals surface area (Å²) in [7, 11) is 3.81. The van der Waals surface area contributed by atoms with Gasteiger partial charge < -0.3 is 14.7 Å². The first-order valence-electron chi connectivity index (χ1n) is 6.29. The summed E-state index contributed by atoms with van der Waals surface area (Å²) in [4.78, 5) is 2.28. The molecule has 0 amide bonds. The van der Waals surface area contributed by atoms with E-state index in [0.717, 1.165) is 42.6 Å². The lowest BCUT2D eigenvalue weighted by Crippen LogP contribution is -2.19. The van der Waals surface area contributed by atoms with Crippen LogP contribution < -0.4 is 4.74 Å². The Morgan fingerprint density at radius 1 is 1.28 bits per heavy atom. The summed E-state index contributed by atoms with van der Waals surface area (Å²) in [5.41, 5.74) is 1.19. The summed E-state index contributed by atoms with van der Waals surface area (Å²) in [6.45, 7) is 2.21. The lowest BCUT2D eigenvalue weighted by molar-refractivity contribution is 0.270. The van der Waals surface area contributed by atoms with E-state index in [-0.39, 0.29) is 0 Å². The second-order valence-electron chi connectivity index (χ2n) is 4.48. The van der Waals surface area contributed by atoms with Gasteiger partial charge in [0.05, 0.1) is 7.11 Å². The topological polar surface area (TPSA) is 32.7 Å². The zero-order chi connectivity index (χ0) is 13.4. The molecule has 0 aromatic heterocycles. The van der Waals surface area contributed by atoms with Gasteiger partial charge in [-0.3, -0.25) is 0 Å². The van der Waals surface area contributed by atoms with Gasteiger partial charge in [-0.05, 0) is 51.1 Å². The minimum atomic E-state index is 0.295. The summed E-state index contributed by atoms with van der Waals surface area (Å²) < 4.78 is 6.44. The van der Waals surface area contributed by atoms with Crippen LogP contribution in [0.15, 0.2) is 22.7 Å². The Hall–Kier alpha value is -0.580. The molecule has 1 aromatic rings. The minimum absolute atomic E-state index is 0.295. The van der Waals surface area contributed by atoms with Crippen LogP contribution in [-0.2, 0) is 6.54 Å². The second-order valence-corrected chi connectivity index (χ2v) is 5.39. The molecule has 18 heavy (non-hydrogen) atoms. The lowest BCUT2D eigenvalue weighted by Gasteiger charge is -2.18. The summed E-state index contributed by atoms with van der Waals surface area (Å²) in [5.74, 6) is 0.931. The number of ether oxygens (including phenoxy) is 1. The molecule has 3 nitrogen and oxygen atoms in total. The SMILES string of the molecule is COc1ccc(Br)cc1CN(C)CCCCCO. The van der Waals surface area contributed by atoms with Crippen molar-refractivity contribution < 1.29 is 9.84 Å². The van der Waals surface area contributed by atoms with Gasteiger partial charge in [-0.2, -0.15) is 0 Å². The molecule has 0 unspecified atom stereocenters. The highest BCUT2D eigenvalue weighted by atomic mass is 79.9. The number of hydrogen-bond acceptors (Lipinski definition) is 3. The fourth-order valence-corrected chi connectivity index (χ4v) is 2.32. The molecule has 1 aromatic carbocycles. The van der Waals surface area contributed by atoms with Crippen LogP contribution >= 0.6 is 15.9 Å². The summed E-state index contributed by atoms with van der Waals surface area (Å²) in [5, 5.41) is 8.73. The third-order valence-corrected chi connectivity index (χ3v) is 3.37. The molecule has 0 aliphatic rings. The molecular weight excluding hydrogens is 294 g/mol. The monoisotopic (exact) mass is 315 g/mol. The molecule has 102 valence electrons. The standard InChI is InChI=1S/C14H22BrNO2/c1-16(8-4-3-5-9-17)11-12-10-13(15)6-7-14(12)18-2/h6-7,10,17H,3-5,8-9,11H2,1-2H3. The molecule has 0 aliphatic carbocycles. The number of unbranched alkanes of at least 4 members (excludes halogenated alkanes) is 2. The Bertz CT molecular complexity index is 358. The van der Waals surface area contributed by atoms with Crippen LogP contribution in [0.3, 0.4) is 0 Å². The molecule has 1 N–H and O–H groups in total. The average molecular weight is 316 g/mol. The van der Waals surface area contributed by atoms with Crippen molar-refractivity contribution in [3.63, 3.8) is 0 Å². The van der Waals surface area contributed by atoms with Gasteiger partial charge >= 0.3 is 0 Å². The van der Waals surface area contributed by atoms with E-state index in [0.29, 0.717) is 6.61 Å². The largest absolute Gasteiger partial charge is 0.496 e. The highest BCUT2D eigenvalue weighted by Gasteiger charge is 2.06. The maximum Gasteiger partial charge on any atom is 0.123 e. The van der Waals surface area contributed by atoms with Crippen LogP contribution in [0.1, 0.15) is 24.8 Å². The molecular formula is C14H22BrNO2. The van der Waals surface area contributed by atoms with Crippen LogP contribution in [-0.4, -0.2) is 37.3 Å². The summed E-state index contributed by atoms with van der Waals surface area (Å²) in [6.07, 6.45) is 3.10. The van der Waals surface area contributed by atoms with Crippen molar-refractivity contribution in [1.29, 1.82) is 0 Å². The number of halogens is 1. The van der Waals surface area contributed by atoms with Crippen molar-refractivity contribution in [2.75, 3.05) is 27.3 Å². The fourth-order valence-electron chi connectivity index (χ4n) is 1.91. The number of nitrogens with zero attached hydrogens (tertiary/aromatic N) is 1. The minimum Gasteiger partial charge on any atom is -0.496 e. The van der Waals surface area contributed by atoms with Gasteiger partial charge in [0, 0.05) is 23.2 Å². The van der Waals surface area contributed by atoms with E-state index in [1.807, 2.05) is 12.1 Å². The molecule has 0 saturated heterocycles. The van der Waals surface area contributed by atoms with E-state index in [1.165, 1.54) is 5.56 Å². The first-order valence-corrected chi connectivity index (χ1v) is 7.08. The first kappa shape index (κ1) is 15.5. The van der Waals surface area contributed by atoms with Crippen LogP contribution in [0.25, 0.3) is 0 Å². The Balaban J connectivity index is 2.47. The van der Waals surface area contributed by atoms with Gasteiger partial charge in [-0.1, -0.05) is 15.9 Å². The second kappa shape index (κ2) is 8.51. The van der Waals surface area contributed by atoms with E-state index in [2.05, 4.69) is 33.9 Å². The molecule has 0 atom stereocenters. The van der Waals surface area contributed by atoms with Crippen LogP contribution in [0.5, 0.6) is 5.75 Å². The summed E-state index contributed by atoms with van der Waals surface area (Å²) >= 11 is 3.49. The molecule has 0 bridgehead atoms. The van der Waals surface area contributed by atoms with E-state index in [9.17, 15) is 0 Å². The van der Waals surface area contributed by atoms with Gasteiger partial charge in [0.2, 0.25) is 0 Å². The third kappa shape index (κ3) is 5.38. The molecule has 4 heteroatoms. The molecule has 0 heterocycles. The van der Waals surface area contributed by atoms with Crippen molar-refractivity contribution in [3.05, 3.63) is 28.2 Å². The third-order valence-electron chi connectivity index (χ3n) is 2.88. The zero-order valence-corrected chi connectivity index (χ0v) is 12.7. The van der Waals surface area contributed by atoms with Gasteiger partial charge in [0.1, 0.15) is 5.75 Å². The normalized spacial score (nSPS) is 10.9. The smallest absolute Gasteiger partial charge is 0.123 e. The van der Waals surface area contributed by atoms with Gasteiger partial charge in [-0.25, -0.2) is 0 Å². The van der Waals surface area contributed by atoms with E-state index >= 15 is 0 Å². The maximum absolute atomic E-state index is 8.73. The Labute approximate surface area is 118 Å². The van der Waals surface area contributed by atoms with Crippen molar-refractivity contribution >= 4 is 15.9 Å². The van der Waals surface area contributed by atoms with Crippen molar-refractivity contribution in [2.24, 2.45) is 0 Å². The Kier molecular flexibility index (Phi) is 7.32. The average Bonchev–Trinajstić information content (AvgIpc) is 2.35. The van der Waals surface area contributed by atoms with Crippen LogP contribution in [0.4, 0.5) is 0 Å². The number of rotatable bonds is 8. The van der Waals surface area contributed by atoms with Crippen LogP contribution in [0, 0.1) is 0 Å². The van der Waals surface area contributed by atoms with Crippen molar-refractivity contribution in [1.82, 2.24) is 4.90 Å². The fraction of sp³-hybridized carbons (Fsp3) is 0.571. The molecule has 0 radical (unpaired) electrons. The lowest BCUT2D eigenvalue weighted by atomic mass is 10.2. The number of aliphatic hydroxyl groups excluding tert-OH is 1. The molecule has 0 aliphatic heterocycles. The number of aliphatic hydroxyl groups is 1. The highest BCUT2D eigenvalue weighted by molar-refractivity contribution is 9.10. The molecule has 0 spiro atoms. The molecule has 0 saturated carbocycles. The predicted octanol–water partition coefficient (Wildman–Crippen LogP) is 3.05. The van der Waals surface area contributed by atoms with Gasteiger partial charge in [0.25, 0.3) is 0 Å². The van der Waals surface area contributed by atoms with E-state index in [4.69, 9.17) is 9.84 Å². The molecule has 0 fully saturated rings. The number of hydrogen-bond donors (Lipinski definition) is 1. The highest BCUT2D eigenvalue weighted by Crippen LogP contribution is 2.24. The van der Waals surface area contributed by atoms with Crippen molar-refractivity contribution in [2.45, 2.75) is 25.8 Å². The van der Waals surface area contributed by atoms with E-state index < -0.39 is 0 Å². The summed E-state index contributed by atoms with van der Waals surface area (Å²) in [6, 6.07) is 6.08. The number of benzene rings is 1. The van der Waals surface area contributed by atoms with Gasteiger partial charge in [-0.15, -0.1) is 0 Å². The van der Waals surface area contributed by atoms with E-state index in [1.54, 1.807) is 7.11 Å². The first-order chi connectivity index (χ1) is 8.67. The van der Waals surface area contributed by atoms with Crippen molar-refractivity contribution in [3.8, 4) is 5.75 Å². The Morgan fingerprint density at radius 2 is 2.06 bits per heavy atom. The maximum atomic E-state index is 8.73. The predicted molar refractivity (Wildman–Crippen MR) is 78.0 cm³/mol. The zero-order valence-electron chi connectivity index (χ0n) is 11.2. The quantitative estimate of drug-likeness (QED) is 0.748. The Morgan fingerprint density at radius 3 is 2.72 bits per heavy atom. The van der Waals surface area contributed by atoms with Crippen LogP contribution in [0.2, 0.25) is 0 Å². The number of methoxy groups -OCH3 is 1.